The zero-order valence-corrected chi connectivity index (χ0v) is 13.9. The minimum Gasteiger partial charge on any atom is -0.458 e. The highest BCUT2D eigenvalue weighted by Crippen LogP contribution is 2.28. The summed E-state index contributed by atoms with van der Waals surface area (Å²) in [6.07, 6.45) is 3.26. The van der Waals surface area contributed by atoms with Gasteiger partial charge in [-0.25, -0.2) is 0 Å². The van der Waals surface area contributed by atoms with Gasteiger partial charge < -0.3 is 9.84 Å². The number of cyclic esters (lactones) is 1. The van der Waals surface area contributed by atoms with E-state index in [1.807, 2.05) is 44.2 Å². The fraction of sp³-hybridized carbons (Fsp3) is 0.300. The third-order valence-corrected chi connectivity index (χ3v) is 4.13. The van der Waals surface area contributed by atoms with E-state index in [0.29, 0.717) is 6.42 Å². The molecule has 0 spiro atoms. The molecule has 3 rings (SSSR count). The molecule has 0 saturated carbocycles. The van der Waals surface area contributed by atoms with Gasteiger partial charge in [-0.3, -0.25) is 9.78 Å². The van der Waals surface area contributed by atoms with Crippen LogP contribution in [0.3, 0.4) is 0 Å². The maximum atomic E-state index is 11.5. The zero-order chi connectivity index (χ0) is 17.1. The van der Waals surface area contributed by atoms with E-state index in [9.17, 15) is 9.90 Å². The van der Waals surface area contributed by atoms with Crippen LogP contribution in [0.5, 0.6) is 0 Å². The summed E-state index contributed by atoms with van der Waals surface area (Å²) in [6, 6.07) is 12.2. The van der Waals surface area contributed by atoms with E-state index in [2.05, 4.69) is 23.2 Å². The number of ether oxygens (including phenoxy) is 1. The first-order valence-corrected chi connectivity index (χ1v) is 8.12. The fourth-order valence-electron chi connectivity index (χ4n) is 3.04. The lowest BCUT2D eigenvalue weighted by Gasteiger charge is -2.23. The van der Waals surface area contributed by atoms with Crippen LogP contribution in [0.4, 0.5) is 0 Å². The number of hydrogen-bond donors (Lipinski definition) is 1. The summed E-state index contributed by atoms with van der Waals surface area (Å²) in [7, 11) is 0. The Kier molecular flexibility index (Phi) is 4.76. The number of aromatic nitrogens is 1. The Morgan fingerprint density at radius 3 is 2.71 bits per heavy atom. The fourth-order valence-corrected chi connectivity index (χ4v) is 3.04. The molecule has 1 saturated heterocycles. The molecule has 0 unspecified atom stereocenters. The Morgan fingerprint density at radius 1 is 1.25 bits per heavy atom. The summed E-state index contributed by atoms with van der Waals surface area (Å²) >= 11 is 0. The largest absolute Gasteiger partial charge is 0.458 e. The topological polar surface area (TPSA) is 59.4 Å². The van der Waals surface area contributed by atoms with Gasteiger partial charge in [-0.05, 0) is 37.1 Å². The van der Waals surface area contributed by atoms with Crippen LogP contribution < -0.4 is 0 Å². The molecular formula is C20H21NO3. The van der Waals surface area contributed by atoms with Gasteiger partial charge in [-0.2, -0.15) is 0 Å². The lowest BCUT2D eigenvalue weighted by atomic mass is 9.97. The van der Waals surface area contributed by atoms with Gasteiger partial charge in [0.05, 0.1) is 12.5 Å². The van der Waals surface area contributed by atoms with Crippen molar-refractivity contribution in [2.75, 3.05) is 0 Å². The number of pyridine rings is 1. The molecule has 1 aliphatic rings. The molecule has 0 bridgehead atoms. The SMILES string of the molecule is Cc1cc(-c2ccccc2)c(/C=C/[C@H]2C[C@H](O)CC(=O)O2)c(C)n1. The molecule has 24 heavy (non-hydrogen) atoms. The third kappa shape index (κ3) is 3.71. The molecule has 4 heteroatoms. The molecule has 0 amide bonds. The smallest absolute Gasteiger partial charge is 0.309 e. The number of hydrogen-bond acceptors (Lipinski definition) is 4. The first kappa shape index (κ1) is 16.4. The van der Waals surface area contributed by atoms with Gasteiger partial charge in [0.1, 0.15) is 6.10 Å². The minimum absolute atomic E-state index is 0.0741. The van der Waals surface area contributed by atoms with Crippen molar-refractivity contribution in [3.05, 3.63) is 59.4 Å². The predicted octanol–water partition coefficient (Wildman–Crippen LogP) is 3.45. The van der Waals surface area contributed by atoms with E-state index in [4.69, 9.17) is 4.74 Å². The summed E-state index contributed by atoms with van der Waals surface area (Å²) in [6.45, 7) is 3.95. The average molecular weight is 323 g/mol. The van der Waals surface area contributed by atoms with E-state index >= 15 is 0 Å². The van der Waals surface area contributed by atoms with Crippen LogP contribution >= 0.6 is 0 Å². The molecule has 1 aromatic carbocycles. The second-order valence-corrected chi connectivity index (χ2v) is 6.16. The van der Waals surface area contributed by atoms with Crippen molar-refractivity contribution in [3.63, 3.8) is 0 Å². The van der Waals surface area contributed by atoms with Gasteiger partial charge in [0.25, 0.3) is 0 Å². The van der Waals surface area contributed by atoms with Crippen molar-refractivity contribution in [3.8, 4) is 11.1 Å². The minimum atomic E-state index is -0.633. The Hall–Kier alpha value is -2.46. The molecule has 1 aromatic heterocycles. The van der Waals surface area contributed by atoms with Crippen molar-refractivity contribution in [1.29, 1.82) is 0 Å². The summed E-state index contributed by atoms with van der Waals surface area (Å²) < 4.78 is 5.28. The van der Waals surface area contributed by atoms with Gasteiger partial charge in [0, 0.05) is 23.4 Å². The molecule has 1 aliphatic heterocycles. The van der Waals surface area contributed by atoms with Crippen molar-refractivity contribution in [2.45, 2.75) is 38.9 Å². The Labute approximate surface area is 141 Å². The van der Waals surface area contributed by atoms with Crippen molar-refractivity contribution in [1.82, 2.24) is 4.98 Å². The lowest BCUT2D eigenvalue weighted by Crippen LogP contribution is -2.31. The Morgan fingerprint density at radius 2 is 2.00 bits per heavy atom. The molecular weight excluding hydrogens is 302 g/mol. The number of nitrogens with zero attached hydrogens (tertiary/aromatic N) is 1. The van der Waals surface area contributed by atoms with Crippen LogP contribution in [0, 0.1) is 13.8 Å². The number of carbonyl (C=O) groups is 1. The summed E-state index contributed by atoms with van der Waals surface area (Å²) in [5, 5.41) is 9.72. The number of esters is 1. The number of aryl methyl sites for hydroxylation is 2. The highest BCUT2D eigenvalue weighted by Gasteiger charge is 2.25. The molecule has 0 aliphatic carbocycles. The van der Waals surface area contributed by atoms with E-state index in [1.54, 1.807) is 0 Å². The number of rotatable bonds is 3. The zero-order valence-electron chi connectivity index (χ0n) is 13.9. The molecule has 2 heterocycles. The number of benzene rings is 1. The summed E-state index contributed by atoms with van der Waals surface area (Å²) in [5.41, 5.74) is 5.10. The second kappa shape index (κ2) is 6.97. The standard InChI is InChI=1S/C20H21NO3/c1-13-10-19(15-6-4-3-5-7-15)18(14(2)21-13)9-8-17-11-16(22)12-20(23)24-17/h3-10,16-17,22H,11-12H2,1-2H3/b9-8+/t16-,17-/m0/s1. The molecule has 0 radical (unpaired) electrons. The van der Waals surface area contributed by atoms with E-state index in [0.717, 1.165) is 28.1 Å². The number of aliphatic hydroxyl groups excluding tert-OH is 1. The number of aliphatic hydroxyl groups is 1. The highest BCUT2D eigenvalue weighted by molar-refractivity contribution is 5.77. The van der Waals surface area contributed by atoms with E-state index < -0.39 is 12.2 Å². The van der Waals surface area contributed by atoms with E-state index in [1.165, 1.54) is 0 Å². The number of carbonyl (C=O) groups excluding carboxylic acids is 1. The van der Waals surface area contributed by atoms with Gasteiger partial charge in [0.15, 0.2) is 0 Å². The van der Waals surface area contributed by atoms with Crippen LogP contribution in [-0.4, -0.2) is 28.3 Å². The van der Waals surface area contributed by atoms with Crippen molar-refractivity contribution in [2.24, 2.45) is 0 Å². The van der Waals surface area contributed by atoms with Gasteiger partial charge in [0.2, 0.25) is 0 Å². The lowest BCUT2D eigenvalue weighted by molar-refractivity contribution is -0.156. The molecule has 124 valence electrons. The van der Waals surface area contributed by atoms with E-state index in [-0.39, 0.29) is 12.4 Å². The maximum absolute atomic E-state index is 11.5. The molecule has 2 atom stereocenters. The van der Waals surface area contributed by atoms with Crippen LogP contribution in [0.1, 0.15) is 29.8 Å². The van der Waals surface area contributed by atoms with Crippen molar-refractivity contribution >= 4 is 12.0 Å². The van der Waals surface area contributed by atoms with Crippen LogP contribution in [0.2, 0.25) is 0 Å². The van der Waals surface area contributed by atoms with Gasteiger partial charge in [-0.1, -0.05) is 36.4 Å². The normalized spacial score (nSPS) is 21.0. The Bertz CT molecular complexity index is 768. The molecule has 4 nitrogen and oxygen atoms in total. The van der Waals surface area contributed by atoms with Crippen LogP contribution in [0.25, 0.3) is 17.2 Å². The summed E-state index contributed by atoms with van der Waals surface area (Å²) in [5.74, 6) is -0.356. The highest BCUT2D eigenvalue weighted by atomic mass is 16.5. The van der Waals surface area contributed by atoms with Crippen LogP contribution in [0.15, 0.2) is 42.5 Å². The van der Waals surface area contributed by atoms with Gasteiger partial charge in [-0.15, -0.1) is 0 Å². The third-order valence-electron chi connectivity index (χ3n) is 4.13. The molecule has 1 N–H and O–H groups in total. The average Bonchev–Trinajstić information content (AvgIpc) is 2.53. The second-order valence-electron chi connectivity index (χ2n) is 6.16. The van der Waals surface area contributed by atoms with Crippen molar-refractivity contribution < 1.29 is 14.6 Å². The molecule has 2 aromatic rings. The predicted molar refractivity (Wildman–Crippen MR) is 93.3 cm³/mol. The monoisotopic (exact) mass is 323 g/mol. The van der Waals surface area contributed by atoms with Gasteiger partial charge >= 0.3 is 5.97 Å². The maximum Gasteiger partial charge on any atom is 0.309 e. The summed E-state index contributed by atoms with van der Waals surface area (Å²) in [4.78, 5) is 16.0. The quantitative estimate of drug-likeness (QED) is 0.879. The Balaban J connectivity index is 1.95. The van der Waals surface area contributed by atoms with Crippen LogP contribution in [-0.2, 0) is 9.53 Å². The molecule has 1 fully saturated rings. The first-order chi connectivity index (χ1) is 11.5. The first-order valence-electron chi connectivity index (χ1n) is 8.12.